The van der Waals surface area contributed by atoms with E-state index in [0.717, 1.165) is 75.1 Å². The van der Waals surface area contributed by atoms with Gasteiger partial charge in [0.25, 0.3) is 0 Å². The molecule has 0 aromatic heterocycles. The van der Waals surface area contributed by atoms with Crippen molar-refractivity contribution in [1.29, 1.82) is 0 Å². The minimum absolute atomic E-state index is 0.00919. The zero-order valence-electron chi connectivity index (χ0n) is 47.2. The summed E-state index contributed by atoms with van der Waals surface area (Å²) in [6.45, 7) is 26.8. The first kappa shape index (κ1) is 57.1. The van der Waals surface area contributed by atoms with Crippen LogP contribution in [0, 0.1) is 0 Å². The van der Waals surface area contributed by atoms with E-state index in [9.17, 15) is 5.11 Å². The molecule has 9 rings (SSSR count). The van der Waals surface area contributed by atoms with Gasteiger partial charge in [-0.25, -0.2) is 0 Å². The molecule has 7 saturated heterocycles. The molecule has 1 N–H and O–H groups in total. The molecule has 0 amide bonds. The quantitative estimate of drug-likeness (QED) is 0.113. The third kappa shape index (κ3) is 13.0. The Morgan fingerprint density at radius 3 is 1.88 bits per heavy atom. The van der Waals surface area contributed by atoms with Gasteiger partial charge in [0.05, 0.1) is 122 Å². The molecule has 74 heavy (non-hydrogen) atoms. The number of fused-ring (bicyclic) bond motifs is 5. The average molecular weight is 1070 g/mol. The lowest BCUT2D eigenvalue weighted by Gasteiger charge is -2.53. The summed E-state index contributed by atoms with van der Waals surface area (Å²) in [5.41, 5.74) is 1.17. The maximum absolute atomic E-state index is 12.1. The molecule has 0 unspecified atom stereocenters. The molecule has 0 aliphatic carbocycles. The van der Waals surface area contributed by atoms with Gasteiger partial charge in [-0.1, -0.05) is 102 Å². The smallest absolute Gasteiger partial charge is 0.192 e. The van der Waals surface area contributed by atoms with Crippen LogP contribution in [0.2, 0.25) is 36.3 Å². The Morgan fingerprint density at radius 1 is 0.635 bits per heavy atom. The Morgan fingerprint density at radius 2 is 1.23 bits per heavy atom. The van der Waals surface area contributed by atoms with Crippen LogP contribution in [0.25, 0.3) is 0 Å². The van der Waals surface area contributed by atoms with Crippen LogP contribution in [0.15, 0.2) is 60.7 Å². The third-order valence-electron chi connectivity index (χ3n) is 19.3. The summed E-state index contributed by atoms with van der Waals surface area (Å²) >= 11 is 0. The number of aliphatic hydroxyl groups is 1. The van der Waals surface area contributed by atoms with Crippen LogP contribution >= 0.6 is 0 Å². The van der Waals surface area contributed by atoms with Crippen LogP contribution < -0.4 is 0 Å². The minimum Gasteiger partial charge on any atom is -0.411 e. The highest BCUT2D eigenvalue weighted by atomic mass is 28.4. The first-order valence-electron chi connectivity index (χ1n) is 29.3. The van der Waals surface area contributed by atoms with Gasteiger partial charge in [0, 0.05) is 45.1 Å². The first-order chi connectivity index (χ1) is 35.3. The van der Waals surface area contributed by atoms with Crippen LogP contribution in [0.3, 0.4) is 0 Å². The summed E-state index contributed by atoms with van der Waals surface area (Å²) in [4.78, 5) is 0. The lowest BCUT2D eigenvalue weighted by Crippen LogP contribution is -2.62. The maximum Gasteiger partial charge on any atom is 0.192 e. The van der Waals surface area contributed by atoms with Crippen molar-refractivity contribution < 1.29 is 56.6 Å². The molecule has 7 heterocycles. The molecule has 12 nitrogen and oxygen atoms in total. The largest absolute Gasteiger partial charge is 0.411 e. The van der Waals surface area contributed by atoms with Crippen LogP contribution in [0.1, 0.15) is 150 Å². The molecule has 2 aromatic carbocycles. The van der Waals surface area contributed by atoms with Crippen molar-refractivity contribution in [2.75, 3.05) is 6.61 Å². The second-order valence-corrected chi connectivity index (χ2v) is 34.9. The van der Waals surface area contributed by atoms with Crippen molar-refractivity contribution in [3.63, 3.8) is 0 Å². The highest BCUT2D eigenvalue weighted by Crippen LogP contribution is 2.49. The van der Waals surface area contributed by atoms with Crippen LogP contribution in [-0.2, 0) is 64.7 Å². The maximum atomic E-state index is 12.1. The van der Waals surface area contributed by atoms with E-state index in [1.54, 1.807) is 0 Å². The van der Waals surface area contributed by atoms with Crippen molar-refractivity contribution in [3.8, 4) is 0 Å². The first-order valence-corrected chi connectivity index (χ1v) is 34.7. The van der Waals surface area contributed by atoms with Gasteiger partial charge in [0.1, 0.15) is 0 Å². The van der Waals surface area contributed by atoms with Gasteiger partial charge in [0.15, 0.2) is 16.6 Å². The molecule has 14 heteroatoms. The lowest BCUT2D eigenvalue weighted by atomic mass is 9.82. The highest BCUT2D eigenvalue weighted by Gasteiger charge is 2.57. The molecular weight excluding hydrogens is 969 g/mol. The van der Waals surface area contributed by atoms with Gasteiger partial charge >= 0.3 is 0 Å². The predicted molar refractivity (Wildman–Crippen MR) is 292 cm³/mol. The Labute approximate surface area is 447 Å². The van der Waals surface area contributed by atoms with E-state index in [-0.39, 0.29) is 90.5 Å². The minimum atomic E-state index is -2.11. The second-order valence-electron chi connectivity index (χ2n) is 25.5. The normalized spacial score (nSPS) is 39.8. The van der Waals surface area contributed by atoms with Crippen molar-refractivity contribution in [2.45, 2.75) is 298 Å². The molecule has 416 valence electrons. The SMILES string of the molecule is CC[Si](CC)(CC)O[C@@H]1C[C@]2(C)O[C@@H]3C[C@@H]4O[C@H](C)[C@@H](O[Si](C)(C)C(C)(C)C)C[C@H]4O[C@H]3CC[C@H]2O[C@H]1C[C@H]1O[C@H]2C[C@H]3O[C@@](C)(CCCOCc4ccccc4)[C@H](OCc4ccccc4)CC[C@@H]3O[C@@H]2C[C@@H]1O. The van der Waals surface area contributed by atoms with Crippen LogP contribution in [0.4, 0.5) is 0 Å². The third-order valence-corrected chi connectivity index (χ3v) is 28.5. The summed E-state index contributed by atoms with van der Waals surface area (Å²) in [7, 11) is -4.11. The summed E-state index contributed by atoms with van der Waals surface area (Å²) < 4.78 is 77.3. The Balaban J connectivity index is 0.877. The number of hydrogen-bond acceptors (Lipinski definition) is 12. The zero-order chi connectivity index (χ0) is 52.5. The summed E-state index contributed by atoms with van der Waals surface area (Å²) in [5, 5.41) is 12.2. The molecule has 0 saturated carbocycles. The summed E-state index contributed by atoms with van der Waals surface area (Å²) in [5.74, 6) is 0. The molecule has 18 atom stereocenters. The molecule has 0 radical (unpaired) electrons. The number of benzene rings is 2. The van der Waals surface area contributed by atoms with E-state index >= 15 is 0 Å². The monoisotopic (exact) mass is 1060 g/mol. The van der Waals surface area contributed by atoms with Gasteiger partial charge in [-0.2, -0.15) is 0 Å². The van der Waals surface area contributed by atoms with Crippen LogP contribution in [-0.4, -0.2) is 137 Å². The van der Waals surface area contributed by atoms with Crippen molar-refractivity contribution in [3.05, 3.63) is 71.8 Å². The van der Waals surface area contributed by atoms with E-state index in [4.69, 9.17) is 51.5 Å². The predicted octanol–water partition coefficient (Wildman–Crippen LogP) is 11.8. The number of ether oxygens (including phenoxy) is 9. The topological polar surface area (TPSA) is 122 Å². The van der Waals surface area contributed by atoms with Crippen molar-refractivity contribution in [2.24, 2.45) is 0 Å². The van der Waals surface area contributed by atoms with Gasteiger partial charge in [-0.05, 0) is 107 Å². The Bertz CT molecular complexity index is 2050. The van der Waals surface area contributed by atoms with E-state index in [0.29, 0.717) is 45.5 Å². The average Bonchev–Trinajstić information content (AvgIpc) is 3.60. The fraction of sp³-hybridized carbons (Fsp3) is 0.800. The summed E-state index contributed by atoms with van der Waals surface area (Å²) in [6.07, 6.45) is 6.10. The van der Waals surface area contributed by atoms with Gasteiger partial charge in [-0.15, -0.1) is 0 Å². The second kappa shape index (κ2) is 24.0. The van der Waals surface area contributed by atoms with E-state index in [2.05, 4.69) is 124 Å². The number of rotatable bonds is 18. The van der Waals surface area contributed by atoms with Crippen molar-refractivity contribution >= 4 is 16.6 Å². The van der Waals surface area contributed by atoms with E-state index in [1.807, 2.05) is 12.1 Å². The molecule has 7 aliphatic heterocycles. The van der Waals surface area contributed by atoms with Crippen LogP contribution in [0.5, 0.6) is 0 Å². The molecule has 0 spiro atoms. The van der Waals surface area contributed by atoms with Crippen molar-refractivity contribution in [1.82, 2.24) is 0 Å². The fourth-order valence-electron chi connectivity index (χ4n) is 13.4. The van der Waals surface area contributed by atoms with E-state index in [1.165, 1.54) is 5.56 Å². The molecule has 0 bridgehead atoms. The number of hydrogen-bond donors (Lipinski definition) is 1. The Kier molecular flexibility index (Phi) is 18.5. The molecular formula is C60H96O12Si2. The van der Waals surface area contributed by atoms with Gasteiger partial charge in [0.2, 0.25) is 0 Å². The highest BCUT2D eigenvalue weighted by molar-refractivity contribution is 6.74. The standard InChI is InChI=1S/C60H96O12Si2/c1-12-74(13-2,14-3)72-55-37-60(9)57(29-27-45-54(70-60)35-49-50(66-45)33-46(40(4)64-49)71-73(10,11)58(5,6)7)68-52(55)34-47-43(61)32-48-51(67-47)36-53-44(65-48)26-28-56(63-39-42-24-19-16-20-25-42)59(8,69-53)30-21-31-62-38-41-22-17-15-18-23-41/h15-20,22-25,40,43-57,61H,12-14,21,26-39H2,1-11H3/t40-,43+,44+,45+,46+,47-,48-,49+,50-,51+,52+,53-,54-,55-,56-,57-,59+,60+/m1/s1. The summed E-state index contributed by atoms with van der Waals surface area (Å²) in [6, 6.07) is 23.8. The fourth-order valence-corrected chi connectivity index (χ4v) is 17.7. The van der Waals surface area contributed by atoms with Gasteiger partial charge < -0.3 is 56.6 Å². The Hall–Kier alpha value is -1.61. The van der Waals surface area contributed by atoms with Gasteiger partial charge in [-0.3, -0.25) is 0 Å². The zero-order valence-corrected chi connectivity index (χ0v) is 49.2. The van der Waals surface area contributed by atoms with E-state index < -0.39 is 40.0 Å². The molecule has 2 aromatic rings. The molecule has 7 fully saturated rings. The number of aliphatic hydroxyl groups excluding tert-OH is 1. The lowest BCUT2D eigenvalue weighted by molar-refractivity contribution is -0.286. The molecule has 7 aliphatic rings.